The van der Waals surface area contributed by atoms with Crippen LogP contribution in [0, 0.1) is 0 Å². The second-order valence-electron chi connectivity index (χ2n) is 3.44. The molecule has 0 fully saturated rings. The maximum absolute atomic E-state index is 11.8. The number of hydrogen-bond acceptors (Lipinski definition) is 2. The van der Waals surface area contributed by atoms with E-state index in [0.717, 1.165) is 5.69 Å². The number of anilines is 1. The molecule has 0 aliphatic carbocycles. The third-order valence-corrected chi connectivity index (χ3v) is 2.27. The van der Waals surface area contributed by atoms with Gasteiger partial charge in [0.2, 0.25) is 11.8 Å². The number of nitrogens with two attached hydrogens (primary N) is 1. The van der Waals surface area contributed by atoms with Crippen molar-refractivity contribution < 1.29 is 9.59 Å². The van der Waals surface area contributed by atoms with Gasteiger partial charge in [0, 0.05) is 25.1 Å². The number of carbonyl (C=O) groups is 2. The topological polar surface area (TPSA) is 63.4 Å². The number of benzene rings is 1. The largest absolute Gasteiger partial charge is 0.370 e. The van der Waals surface area contributed by atoms with Crippen molar-refractivity contribution in [3.63, 3.8) is 0 Å². The normalized spacial score (nSPS) is 9.81. The van der Waals surface area contributed by atoms with Gasteiger partial charge in [0.25, 0.3) is 0 Å². The zero-order valence-electron chi connectivity index (χ0n) is 9.35. The highest BCUT2D eigenvalue weighted by atomic mass is 16.2. The molecule has 86 valence electrons. The smallest absolute Gasteiger partial charge is 0.227 e. The van der Waals surface area contributed by atoms with E-state index in [2.05, 4.69) is 0 Å². The van der Waals surface area contributed by atoms with E-state index < -0.39 is 5.91 Å². The fourth-order valence-corrected chi connectivity index (χ4v) is 1.48. The number of para-hydroxylation sites is 1. The van der Waals surface area contributed by atoms with Crippen LogP contribution in [0.5, 0.6) is 0 Å². The standard InChI is InChI=1S/C12H16N2O2/c1-2-14(10-6-4-3-5-7-10)12(16)9-8-11(13)15/h3-7H,2,8-9H2,1H3,(H2,13,15). The Hall–Kier alpha value is -1.84. The molecular formula is C12H16N2O2. The first-order chi connectivity index (χ1) is 7.65. The number of hydrogen-bond donors (Lipinski definition) is 1. The Morgan fingerprint density at radius 3 is 2.31 bits per heavy atom. The Labute approximate surface area is 95.0 Å². The van der Waals surface area contributed by atoms with Gasteiger partial charge in [0.1, 0.15) is 0 Å². The van der Waals surface area contributed by atoms with E-state index in [1.807, 2.05) is 37.3 Å². The monoisotopic (exact) mass is 220 g/mol. The molecule has 0 bridgehead atoms. The summed E-state index contributed by atoms with van der Waals surface area (Å²) in [6.07, 6.45) is 0.264. The van der Waals surface area contributed by atoms with Gasteiger partial charge in [-0.15, -0.1) is 0 Å². The lowest BCUT2D eigenvalue weighted by molar-refractivity contribution is -0.123. The SMILES string of the molecule is CCN(C(=O)CCC(N)=O)c1ccccc1. The minimum atomic E-state index is -0.447. The van der Waals surface area contributed by atoms with E-state index in [0.29, 0.717) is 6.54 Å². The fraction of sp³-hybridized carbons (Fsp3) is 0.333. The van der Waals surface area contributed by atoms with Crippen LogP contribution in [0.15, 0.2) is 30.3 Å². The molecule has 0 spiro atoms. The van der Waals surface area contributed by atoms with Crippen LogP contribution in [-0.4, -0.2) is 18.4 Å². The summed E-state index contributed by atoms with van der Waals surface area (Å²) in [6, 6.07) is 9.38. The minimum Gasteiger partial charge on any atom is -0.370 e. The van der Waals surface area contributed by atoms with Crippen LogP contribution in [0.25, 0.3) is 0 Å². The van der Waals surface area contributed by atoms with Crippen LogP contribution in [-0.2, 0) is 9.59 Å². The molecule has 0 heterocycles. The van der Waals surface area contributed by atoms with Crippen molar-refractivity contribution in [2.75, 3.05) is 11.4 Å². The summed E-state index contributed by atoms with van der Waals surface area (Å²) >= 11 is 0. The van der Waals surface area contributed by atoms with Crippen molar-refractivity contribution >= 4 is 17.5 Å². The van der Waals surface area contributed by atoms with E-state index in [4.69, 9.17) is 5.73 Å². The van der Waals surface area contributed by atoms with Crippen molar-refractivity contribution in [2.24, 2.45) is 5.73 Å². The predicted molar refractivity (Wildman–Crippen MR) is 62.9 cm³/mol. The van der Waals surface area contributed by atoms with E-state index in [1.54, 1.807) is 4.90 Å². The molecule has 1 aromatic rings. The molecule has 4 nitrogen and oxygen atoms in total. The summed E-state index contributed by atoms with van der Waals surface area (Å²) in [5.41, 5.74) is 5.86. The van der Waals surface area contributed by atoms with E-state index in [-0.39, 0.29) is 18.7 Å². The van der Waals surface area contributed by atoms with Gasteiger partial charge in [-0.05, 0) is 19.1 Å². The van der Waals surface area contributed by atoms with Gasteiger partial charge in [0.05, 0.1) is 0 Å². The van der Waals surface area contributed by atoms with Crippen LogP contribution >= 0.6 is 0 Å². The van der Waals surface area contributed by atoms with E-state index >= 15 is 0 Å². The van der Waals surface area contributed by atoms with Gasteiger partial charge in [-0.25, -0.2) is 0 Å². The predicted octanol–water partition coefficient (Wildman–Crippen LogP) is 1.30. The summed E-state index contributed by atoms with van der Waals surface area (Å²) in [6.45, 7) is 2.48. The average molecular weight is 220 g/mol. The van der Waals surface area contributed by atoms with Crippen LogP contribution in [0.4, 0.5) is 5.69 Å². The summed E-state index contributed by atoms with van der Waals surface area (Å²) in [5, 5.41) is 0. The van der Waals surface area contributed by atoms with Crippen LogP contribution < -0.4 is 10.6 Å². The van der Waals surface area contributed by atoms with Gasteiger partial charge in [0.15, 0.2) is 0 Å². The molecule has 4 heteroatoms. The minimum absolute atomic E-state index is 0.0764. The number of primary amides is 1. The average Bonchev–Trinajstić information content (AvgIpc) is 2.29. The molecule has 2 N–H and O–H groups in total. The second-order valence-corrected chi connectivity index (χ2v) is 3.44. The van der Waals surface area contributed by atoms with Crippen molar-refractivity contribution in [1.29, 1.82) is 0 Å². The zero-order valence-corrected chi connectivity index (χ0v) is 9.35. The molecule has 1 aromatic carbocycles. The van der Waals surface area contributed by atoms with Crippen LogP contribution in [0.2, 0.25) is 0 Å². The second kappa shape index (κ2) is 5.90. The Morgan fingerprint density at radius 2 is 1.81 bits per heavy atom. The molecule has 0 radical (unpaired) electrons. The Morgan fingerprint density at radius 1 is 1.19 bits per heavy atom. The van der Waals surface area contributed by atoms with Crippen molar-refractivity contribution in [3.05, 3.63) is 30.3 Å². The van der Waals surface area contributed by atoms with Crippen molar-refractivity contribution in [1.82, 2.24) is 0 Å². The summed E-state index contributed by atoms with van der Waals surface area (Å²) in [7, 11) is 0. The molecule has 0 saturated heterocycles. The molecule has 0 aromatic heterocycles. The van der Waals surface area contributed by atoms with Gasteiger partial charge in [-0.1, -0.05) is 18.2 Å². The number of rotatable bonds is 5. The van der Waals surface area contributed by atoms with Crippen LogP contribution in [0.3, 0.4) is 0 Å². The van der Waals surface area contributed by atoms with Crippen LogP contribution in [0.1, 0.15) is 19.8 Å². The molecule has 0 aliphatic heterocycles. The Bertz CT molecular complexity index is 363. The number of carbonyl (C=O) groups excluding carboxylic acids is 2. The lowest BCUT2D eigenvalue weighted by atomic mass is 10.2. The van der Waals surface area contributed by atoms with E-state index in [1.165, 1.54) is 0 Å². The molecule has 0 atom stereocenters. The highest BCUT2D eigenvalue weighted by Gasteiger charge is 2.13. The Kier molecular flexibility index (Phi) is 4.51. The molecular weight excluding hydrogens is 204 g/mol. The van der Waals surface area contributed by atoms with Gasteiger partial charge in [-0.3, -0.25) is 9.59 Å². The summed E-state index contributed by atoms with van der Waals surface area (Å²) in [5.74, 6) is -0.523. The fourth-order valence-electron chi connectivity index (χ4n) is 1.48. The van der Waals surface area contributed by atoms with Crippen molar-refractivity contribution in [3.8, 4) is 0 Å². The third kappa shape index (κ3) is 3.38. The lowest BCUT2D eigenvalue weighted by Crippen LogP contribution is -2.31. The molecule has 1 rings (SSSR count). The highest BCUT2D eigenvalue weighted by molar-refractivity contribution is 5.95. The Balaban J connectivity index is 2.68. The quantitative estimate of drug-likeness (QED) is 0.813. The maximum Gasteiger partial charge on any atom is 0.227 e. The first-order valence-corrected chi connectivity index (χ1v) is 5.29. The lowest BCUT2D eigenvalue weighted by Gasteiger charge is -2.20. The molecule has 0 aliphatic rings. The van der Waals surface area contributed by atoms with Crippen molar-refractivity contribution in [2.45, 2.75) is 19.8 Å². The van der Waals surface area contributed by atoms with Gasteiger partial charge in [-0.2, -0.15) is 0 Å². The molecule has 0 unspecified atom stereocenters. The van der Waals surface area contributed by atoms with Gasteiger partial charge < -0.3 is 10.6 Å². The maximum atomic E-state index is 11.8. The first-order valence-electron chi connectivity index (χ1n) is 5.29. The number of amides is 2. The summed E-state index contributed by atoms with van der Waals surface area (Å²) < 4.78 is 0. The van der Waals surface area contributed by atoms with E-state index in [9.17, 15) is 9.59 Å². The summed E-state index contributed by atoms with van der Waals surface area (Å²) in [4.78, 5) is 24.0. The van der Waals surface area contributed by atoms with Gasteiger partial charge >= 0.3 is 0 Å². The number of nitrogens with zero attached hydrogens (tertiary/aromatic N) is 1. The molecule has 0 saturated carbocycles. The first kappa shape index (κ1) is 12.2. The highest BCUT2D eigenvalue weighted by Crippen LogP contribution is 2.14. The zero-order chi connectivity index (χ0) is 12.0. The molecule has 16 heavy (non-hydrogen) atoms. The third-order valence-electron chi connectivity index (χ3n) is 2.27. The molecule has 2 amide bonds.